The minimum Gasteiger partial charge on any atom is -0.462 e. The normalized spacial score (nSPS) is 13.2. The first-order chi connectivity index (χ1) is 25.3. The zero-order chi connectivity index (χ0) is 38.2. The van der Waals surface area contributed by atoms with E-state index in [0.717, 1.165) is 44.9 Å². The maximum absolute atomic E-state index is 12.4. The highest BCUT2D eigenvalue weighted by molar-refractivity contribution is 7.46. The van der Waals surface area contributed by atoms with E-state index in [-0.39, 0.29) is 19.4 Å². The van der Waals surface area contributed by atoms with Crippen molar-refractivity contribution >= 4 is 19.8 Å². The van der Waals surface area contributed by atoms with E-state index in [1.165, 1.54) is 77.0 Å². The summed E-state index contributed by atoms with van der Waals surface area (Å²) in [5.41, 5.74) is 0. The number of rotatable bonds is 36. The molecule has 0 saturated heterocycles. The van der Waals surface area contributed by atoms with Crippen LogP contribution in [0.3, 0.4) is 0 Å². The monoisotopic (exact) mass is 749 g/mol. The zero-order valence-corrected chi connectivity index (χ0v) is 33.6. The number of phosphoric ester groups is 1. The lowest BCUT2D eigenvalue weighted by atomic mass is 10.1. The largest absolute Gasteiger partial charge is 0.469 e. The number of esters is 2. The van der Waals surface area contributed by atoms with Crippen LogP contribution in [0.25, 0.3) is 0 Å². The Kier molecular flexibility index (Phi) is 36.4. The fourth-order valence-corrected chi connectivity index (χ4v) is 5.53. The van der Waals surface area contributed by atoms with Crippen LogP contribution in [0, 0.1) is 0 Å². The summed E-state index contributed by atoms with van der Waals surface area (Å²) in [4.78, 5) is 42.7. The number of unbranched alkanes of at least 4 members (excludes halogenated alkanes) is 14. The van der Waals surface area contributed by atoms with Gasteiger partial charge in [-0.3, -0.25) is 14.1 Å². The molecule has 52 heavy (non-hydrogen) atoms. The van der Waals surface area contributed by atoms with Gasteiger partial charge in [0, 0.05) is 12.8 Å². The smallest absolute Gasteiger partial charge is 0.462 e. The van der Waals surface area contributed by atoms with Crippen molar-refractivity contribution in [2.24, 2.45) is 0 Å². The minimum atomic E-state index is -4.78. The molecule has 0 rings (SSSR count). The maximum Gasteiger partial charge on any atom is 0.469 e. The van der Waals surface area contributed by atoms with Crippen LogP contribution in [0.4, 0.5) is 0 Å². The van der Waals surface area contributed by atoms with E-state index in [1.54, 1.807) is 0 Å². The quantitative estimate of drug-likeness (QED) is 0.0281. The molecule has 0 spiro atoms. The maximum atomic E-state index is 12.4. The van der Waals surface area contributed by atoms with Crippen LogP contribution in [0.2, 0.25) is 0 Å². The summed E-state index contributed by atoms with van der Waals surface area (Å²) in [5, 5.41) is 0. The van der Waals surface area contributed by atoms with Crippen LogP contribution in [-0.4, -0.2) is 41.0 Å². The Morgan fingerprint density at radius 3 is 1.33 bits per heavy atom. The van der Waals surface area contributed by atoms with Crippen LogP contribution in [-0.2, 0) is 28.2 Å². The molecule has 298 valence electrons. The molecule has 0 heterocycles. The van der Waals surface area contributed by atoms with Crippen LogP contribution >= 0.6 is 7.82 Å². The Bertz CT molecular complexity index is 1070. The molecule has 1 atom stereocenters. The van der Waals surface area contributed by atoms with Crippen molar-refractivity contribution in [2.75, 3.05) is 13.2 Å². The first-order valence-corrected chi connectivity index (χ1v) is 21.8. The SMILES string of the molecule is CCCCC/C=C/C/C=C/C/C=C/C/C=C/CCCC(=O)O[C@H](COC(=O)CCC/C=C/C/C=C/CCCCCCCCCCC)COP(=O)(O)O. The lowest BCUT2D eigenvalue weighted by Crippen LogP contribution is -2.29. The van der Waals surface area contributed by atoms with Crippen LogP contribution in [0.5, 0.6) is 0 Å². The molecule has 0 amide bonds. The Morgan fingerprint density at radius 2 is 0.865 bits per heavy atom. The highest BCUT2D eigenvalue weighted by Crippen LogP contribution is 2.36. The van der Waals surface area contributed by atoms with Crippen molar-refractivity contribution in [3.05, 3.63) is 72.9 Å². The second kappa shape index (κ2) is 38.2. The van der Waals surface area contributed by atoms with Crippen LogP contribution in [0.15, 0.2) is 72.9 Å². The first kappa shape index (κ1) is 49.5. The number of carbonyl (C=O) groups excluding carboxylic acids is 2. The van der Waals surface area contributed by atoms with Gasteiger partial charge in [0.05, 0.1) is 6.61 Å². The Labute approximate surface area is 317 Å². The third kappa shape index (κ3) is 40.3. The fourth-order valence-electron chi connectivity index (χ4n) is 5.17. The first-order valence-electron chi connectivity index (χ1n) is 20.2. The highest BCUT2D eigenvalue weighted by Gasteiger charge is 2.22. The highest BCUT2D eigenvalue weighted by atomic mass is 31.2. The van der Waals surface area contributed by atoms with E-state index in [2.05, 4.69) is 79.1 Å². The fraction of sp³-hybridized carbons (Fsp3) is 0.674. The van der Waals surface area contributed by atoms with E-state index in [0.29, 0.717) is 19.3 Å². The Hall–Kier alpha value is -2.51. The van der Waals surface area contributed by atoms with Crippen molar-refractivity contribution in [2.45, 2.75) is 174 Å². The minimum absolute atomic E-state index is 0.124. The van der Waals surface area contributed by atoms with Crippen molar-refractivity contribution in [3.63, 3.8) is 0 Å². The molecule has 0 aromatic carbocycles. The van der Waals surface area contributed by atoms with Crippen molar-refractivity contribution in [1.82, 2.24) is 0 Å². The summed E-state index contributed by atoms with van der Waals surface area (Å²) in [7, 11) is -4.78. The van der Waals surface area contributed by atoms with E-state index in [4.69, 9.17) is 19.3 Å². The molecule has 0 aliphatic heterocycles. The van der Waals surface area contributed by atoms with Crippen molar-refractivity contribution in [3.8, 4) is 0 Å². The average molecular weight is 749 g/mol. The molecule has 8 nitrogen and oxygen atoms in total. The molecular formula is C43H73O8P. The summed E-state index contributed by atoms with van der Waals surface area (Å²) < 4.78 is 26.2. The van der Waals surface area contributed by atoms with Crippen LogP contribution < -0.4 is 0 Å². The Balaban J connectivity index is 4.11. The summed E-state index contributed by atoms with van der Waals surface area (Å²) in [6.45, 7) is 3.56. The summed E-state index contributed by atoms with van der Waals surface area (Å²) >= 11 is 0. The molecule has 0 saturated carbocycles. The van der Waals surface area contributed by atoms with E-state index >= 15 is 0 Å². The van der Waals surface area contributed by atoms with Gasteiger partial charge in [0.1, 0.15) is 6.61 Å². The predicted molar refractivity (Wildman–Crippen MR) is 216 cm³/mol. The summed E-state index contributed by atoms with van der Waals surface area (Å²) in [6, 6.07) is 0. The lowest BCUT2D eigenvalue weighted by molar-refractivity contribution is -0.161. The van der Waals surface area contributed by atoms with Gasteiger partial charge in [0.2, 0.25) is 0 Å². The van der Waals surface area contributed by atoms with E-state index in [1.807, 2.05) is 12.2 Å². The van der Waals surface area contributed by atoms with Gasteiger partial charge < -0.3 is 19.3 Å². The van der Waals surface area contributed by atoms with Crippen LogP contribution in [0.1, 0.15) is 168 Å². The number of hydrogen-bond donors (Lipinski definition) is 2. The van der Waals surface area contributed by atoms with Gasteiger partial charge in [-0.1, -0.05) is 151 Å². The molecule has 0 unspecified atom stereocenters. The molecule has 0 aliphatic carbocycles. The van der Waals surface area contributed by atoms with Gasteiger partial charge in [-0.25, -0.2) is 4.57 Å². The standard InChI is InChI=1S/C43H73O8P/c1-3-5-7-9-11-13-15-17-19-21-23-25-27-29-31-33-35-37-42(44)49-39-41(40-50-52(46,47)48)51-43(45)38-36-34-32-30-28-26-24-22-20-18-16-14-12-10-8-6-4-2/h12,14,18,20,23-26,29-32,41H,3-11,13,15-17,19,21-22,27-28,33-40H2,1-2H3,(H2,46,47,48)/b14-12+,20-18+,25-23+,26-24+,31-29+,32-30+/t41-/m1/s1. The van der Waals surface area contributed by atoms with Gasteiger partial charge in [0.25, 0.3) is 0 Å². The Morgan fingerprint density at radius 1 is 0.500 bits per heavy atom. The number of carbonyl (C=O) groups is 2. The molecule has 0 radical (unpaired) electrons. The van der Waals surface area contributed by atoms with Gasteiger partial charge in [-0.2, -0.15) is 0 Å². The topological polar surface area (TPSA) is 119 Å². The number of allylic oxidation sites excluding steroid dienone is 12. The number of ether oxygens (including phenoxy) is 2. The molecule has 9 heteroatoms. The van der Waals surface area contributed by atoms with Crippen molar-refractivity contribution in [1.29, 1.82) is 0 Å². The van der Waals surface area contributed by atoms with E-state index < -0.39 is 32.5 Å². The second-order valence-electron chi connectivity index (χ2n) is 13.2. The van der Waals surface area contributed by atoms with Gasteiger partial charge in [0.15, 0.2) is 6.10 Å². The molecule has 2 N–H and O–H groups in total. The summed E-state index contributed by atoms with van der Waals surface area (Å²) in [5.74, 6) is -1.01. The summed E-state index contributed by atoms with van der Waals surface area (Å²) in [6.07, 6.45) is 49.2. The lowest BCUT2D eigenvalue weighted by Gasteiger charge is -2.18. The van der Waals surface area contributed by atoms with Gasteiger partial charge in [-0.15, -0.1) is 0 Å². The predicted octanol–water partition coefficient (Wildman–Crippen LogP) is 12.3. The molecule has 0 bridgehead atoms. The van der Waals surface area contributed by atoms with Gasteiger partial charge >= 0.3 is 19.8 Å². The third-order valence-corrected chi connectivity index (χ3v) is 8.68. The molecule has 0 aromatic heterocycles. The van der Waals surface area contributed by atoms with E-state index in [9.17, 15) is 14.2 Å². The molecule has 0 aliphatic rings. The molecule has 0 aromatic rings. The second-order valence-corrected chi connectivity index (χ2v) is 14.5. The van der Waals surface area contributed by atoms with Gasteiger partial charge in [-0.05, 0) is 77.0 Å². The van der Waals surface area contributed by atoms with Crippen molar-refractivity contribution < 1.29 is 37.9 Å². The molecule has 0 fully saturated rings. The third-order valence-electron chi connectivity index (χ3n) is 8.20. The average Bonchev–Trinajstić information content (AvgIpc) is 3.11. The molecular weight excluding hydrogens is 675 g/mol. The number of hydrogen-bond acceptors (Lipinski definition) is 6. The zero-order valence-electron chi connectivity index (χ0n) is 32.7. The number of phosphoric acid groups is 1.